The van der Waals surface area contributed by atoms with E-state index >= 15 is 0 Å². The second-order valence-corrected chi connectivity index (χ2v) is 4.78. The Morgan fingerprint density at radius 3 is 2.40 bits per heavy atom. The van der Waals surface area contributed by atoms with E-state index in [9.17, 15) is 13.2 Å². The van der Waals surface area contributed by atoms with Gasteiger partial charge < -0.3 is 11.1 Å². The fourth-order valence-corrected chi connectivity index (χ4v) is 1.90. The van der Waals surface area contributed by atoms with E-state index in [-0.39, 0.29) is 26.9 Å². The van der Waals surface area contributed by atoms with E-state index in [4.69, 9.17) is 17.3 Å². The van der Waals surface area contributed by atoms with Crippen molar-refractivity contribution in [3.05, 3.63) is 58.4 Å². The Hall–Kier alpha value is -1.79. The number of hydrogen-bond acceptors (Lipinski definition) is 2. The lowest BCUT2D eigenvalue weighted by Gasteiger charge is -2.11. The molecule has 0 atom stereocenters. The summed E-state index contributed by atoms with van der Waals surface area (Å²) in [4.78, 5) is -0.262. The number of hydrogen-bond donors (Lipinski definition) is 2. The quantitative estimate of drug-likeness (QED) is 0.836. The smallest absolute Gasteiger partial charge is 0.182 e. The maximum atomic E-state index is 13.8. The van der Waals surface area contributed by atoms with Crippen molar-refractivity contribution in [1.82, 2.24) is 0 Å². The van der Waals surface area contributed by atoms with Crippen LogP contribution in [0.5, 0.6) is 0 Å². The third-order valence-corrected chi connectivity index (χ3v) is 3.00. The molecule has 2 aromatic carbocycles. The molecule has 0 aliphatic carbocycles. The van der Waals surface area contributed by atoms with Crippen molar-refractivity contribution in [3.8, 4) is 0 Å². The second-order valence-electron chi connectivity index (χ2n) is 3.90. The molecule has 7 heteroatoms. The standard InChI is InChI=1S/C13H8ClF3N2S/c14-6-1-3-8(15)10(5-6)19-9-4-2-7(13(18)20)11(16)12(9)17/h1-5,19H,(H2,18,20). The summed E-state index contributed by atoms with van der Waals surface area (Å²) >= 11 is 10.3. The third kappa shape index (κ3) is 2.86. The molecule has 3 N–H and O–H groups in total. The molecule has 104 valence electrons. The predicted molar refractivity (Wildman–Crippen MR) is 76.9 cm³/mol. The molecule has 0 spiro atoms. The molecule has 0 unspecified atom stereocenters. The highest BCUT2D eigenvalue weighted by molar-refractivity contribution is 7.80. The summed E-state index contributed by atoms with van der Waals surface area (Å²) in [5.74, 6) is -3.03. The number of thiocarbonyl (C=S) groups is 1. The summed E-state index contributed by atoms with van der Waals surface area (Å²) in [6.45, 7) is 0. The minimum Gasteiger partial charge on any atom is -0.389 e. The van der Waals surface area contributed by atoms with Crippen LogP contribution in [-0.2, 0) is 0 Å². The van der Waals surface area contributed by atoms with E-state index in [2.05, 4.69) is 17.5 Å². The lowest BCUT2D eigenvalue weighted by molar-refractivity contribution is 0.510. The molecule has 2 nitrogen and oxygen atoms in total. The van der Waals surface area contributed by atoms with Crippen LogP contribution in [0.4, 0.5) is 24.5 Å². The second kappa shape index (κ2) is 5.68. The number of nitrogens with one attached hydrogen (secondary N) is 1. The normalized spacial score (nSPS) is 10.4. The molecule has 0 aromatic heterocycles. The van der Waals surface area contributed by atoms with Crippen molar-refractivity contribution >= 4 is 40.2 Å². The summed E-state index contributed by atoms with van der Waals surface area (Å²) in [5, 5.41) is 2.69. The van der Waals surface area contributed by atoms with Crippen LogP contribution >= 0.6 is 23.8 Å². The Kier molecular flexibility index (Phi) is 4.15. The van der Waals surface area contributed by atoms with Crippen LogP contribution in [0.15, 0.2) is 30.3 Å². The monoisotopic (exact) mass is 316 g/mol. The fourth-order valence-electron chi connectivity index (χ4n) is 1.57. The van der Waals surface area contributed by atoms with E-state index in [1.165, 1.54) is 24.3 Å². The van der Waals surface area contributed by atoms with Crippen LogP contribution in [0.1, 0.15) is 5.56 Å². The summed E-state index contributed by atoms with van der Waals surface area (Å²) in [7, 11) is 0. The van der Waals surface area contributed by atoms with Gasteiger partial charge in [-0.25, -0.2) is 13.2 Å². The number of halogens is 4. The highest BCUT2D eigenvalue weighted by Gasteiger charge is 2.16. The van der Waals surface area contributed by atoms with E-state index < -0.39 is 17.5 Å². The number of nitrogens with two attached hydrogens (primary N) is 1. The average molecular weight is 317 g/mol. The van der Waals surface area contributed by atoms with Crippen LogP contribution in [0.3, 0.4) is 0 Å². The zero-order chi connectivity index (χ0) is 14.9. The Labute approximate surface area is 123 Å². The molecule has 0 amide bonds. The summed E-state index contributed by atoms with van der Waals surface area (Å²) in [6, 6.07) is 6.14. The van der Waals surface area contributed by atoms with Gasteiger partial charge in [0, 0.05) is 10.6 Å². The van der Waals surface area contributed by atoms with Gasteiger partial charge in [-0.2, -0.15) is 0 Å². The molecular formula is C13H8ClF3N2S. The first-order valence-corrected chi connectivity index (χ1v) is 6.18. The zero-order valence-corrected chi connectivity index (χ0v) is 11.5. The average Bonchev–Trinajstić information content (AvgIpc) is 2.39. The molecular weight excluding hydrogens is 309 g/mol. The van der Waals surface area contributed by atoms with Crippen molar-refractivity contribution in [2.45, 2.75) is 0 Å². The SMILES string of the molecule is NC(=S)c1ccc(Nc2cc(Cl)ccc2F)c(F)c1F. The van der Waals surface area contributed by atoms with E-state index in [1.807, 2.05) is 0 Å². The molecule has 2 rings (SSSR count). The first-order valence-electron chi connectivity index (χ1n) is 5.40. The molecule has 0 bridgehead atoms. The Morgan fingerprint density at radius 2 is 1.75 bits per heavy atom. The fraction of sp³-hybridized carbons (Fsp3) is 0. The summed E-state index contributed by atoms with van der Waals surface area (Å²) < 4.78 is 41.0. The first-order chi connectivity index (χ1) is 9.40. The van der Waals surface area contributed by atoms with Gasteiger partial charge in [0.2, 0.25) is 0 Å². The Morgan fingerprint density at radius 1 is 1.05 bits per heavy atom. The number of anilines is 2. The van der Waals surface area contributed by atoms with Gasteiger partial charge in [-0.15, -0.1) is 0 Å². The van der Waals surface area contributed by atoms with Gasteiger partial charge in [0.15, 0.2) is 11.6 Å². The minimum absolute atomic E-state index is 0.0705. The van der Waals surface area contributed by atoms with Gasteiger partial charge in [-0.05, 0) is 30.3 Å². The lowest BCUT2D eigenvalue weighted by atomic mass is 10.1. The van der Waals surface area contributed by atoms with Crippen LogP contribution in [0, 0.1) is 17.5 Å². The molecule has 0 aliphatic rings. The Balaban J connectivity index is 2.42. The molecule has 0 saturated heterocycles. The van der Waals surface area contributed by atoms with Crippen LogP contribution in [0.2, 0.25) is 5.02 Å². The zero-order valence-electron chi connectivity index (χ0n) is 9.88. The van der Waals surface area contributed by atoms with Crippen molar-refractivity contribution < 1.29 is 13.2 Å². The maximum absolute atomic E-state index is 13.8. The summed E-state index contributed by atoms with van der Waals surface area (Å²) in [6.07, 6.45) is 0. The van der Waals surface area contributed by atoms with Crippen molar-refractivity contribution in [2.75, 3.05) is 5.32 Å². The van der Waals surface area contributed by atoms with Crippen molar-refractivity contribution in [2.24, 2.45) is 5.73 Å². The molecule has 20 heavy (non-hydrogen) atoms. The number of benzene rings is 2. The van der Waals surface area contributed by atoms with Crippen LogP contribution < -0.4 is 11.1 Å². The predicted octanol–water partition coefficient (Wildman–Crippen LogP) is 4.14. The van der Waals surface area contributed by atoms with Crippen LogP contribution in [0.25, 0.3) is 0 Å². The van der Waals surface area contributed by atoms with E-state index in [1.54, 1.807) is 0 Å². The van der Waals surface area contributed by atoms with Gasteiger partial charge >= 0.3 is 0 Å². The lowest BCUT2D eigenvalue weighted by Crippen LogP contribution is -2.13. The summed E-state index contributed by atoms with van der Waals surface area (Å²) in [5.41, 5.74) is 4.73. The molecule has 0 saturated carbocycles. The Bertz CT molecular complexity index is 692. The van der Waals surface area contributed by atoms with Gasteiger partial charge in [-0.3, -0.25) is 0 Å². The van der Waals surface area contributed by atoms with Gasteiger partial charge in [0.05, 0.1) is 11.4 Å². The highest BCUT2D eigenvalue weighted by atomic mass is 35.5. The topological polar surface area (TPSA) is 38.0 Å². The number of rotatable bonds is 3. The highest BCUT2D eigenvalue weighted by Crippen LogP contribution is 2.27. The molecule has 0 aliphatic heterocycles. The van der Waals surface area contributed by atoms with Crippen molar-refractivity contribution in [3.63, 3.8) is 0 Å². The largest absolute Gasteiger partial charge is 0.389 e. The first kappa shape index (κ1) is 14.6. The molecule has 0 radical (unpaired) electrons. The van der Waals surface area contributed by atoms with E-state index in [0.29, 0.717) is 0 Å². The van der Waals surface area contributed by atoms with Crippen LogP contribution in [-0.4, -0.2) is 4.99 Å². The molecule has 0 heterocycles. The van der Waals surface area contributed by atoms with Gasteiger partial charge in [0.1, 0.15) is 10.8 Å². The molecule has 2 aromatic rings. The van der Waals surface area contributed by atoms with Gasteiger partial charge in [-0.1, -0.05) is 23.8 Å². The molecule has 0 fully saturated rings. The van der Waals surface area contributed by atoms with E-state index in [0.717, 1.165) is 6.07 Å². The maximum Gasteiger partial charge on any atom is 0.182 e. The third-order valence-electron chi connectivity index (χ3n) is 2.55. The minimum atomic E-state index is -1.20. The van der Waals surface area contributed by atoms with Crippen molar-refractivity contribution in [1.29, 1.82) is 0 Å². The van der Waals surface area contributed by atoms with Gasteiger partial charge in [0.25, 0.3) is 0 Å².